The van der Waals surface area contributed by atoms with E-state index in [1.165, 1.54) is 11.1 Å². The van der Waals surface area contributed by atoms with Crippen LogP contribution < -0.4 is 5.48 Å². The van der Waals surface area contributed by atoms with Crippen LogP contribution >= 0.6 is 0 Å². The molecule has 0 saturated carbocycles. The van der Waals surface area contributed by atoms with Gasteiger partial charge in [-0.1, -0.05) is 45.0 Å². The Bertz CT molecular complexity index is 477. The summed E-state index contributed by atoms with van der Waals surface area (Å²) < 4.78 is 0. The van der Waals surface area contributed by atoms with Crippen LogP contribution in [0.1, 0.15) is 58.1 Å². The van der Waals surface area contributed by atoms with Crippen LogP contribution in [0.5, 0.6) is 0 Å². The number of hydrogen-bond donors (Lipinski definition) is 1. The van der Waals surface area contributed by atoms with Gasteiger partial charge < -0.3 is 0 Å². The van der Waals surface area contributed by atoms with Gasteiger partial charge in [0.05, 0.1) is 0 Å². The van der Waals surface area contributed by atoms with Gasteiger partial charge >= 0.3 is 0 Å². The monoisotopic (exact) mass is 260 g/mol. The molecule has 0 fully saturated rings. The number of nitrogens with zero attached hydrogens (tertiary/aromatic N) is 1. The lowest BCUT2D eigenvalue weighted by molar-refractivity contribution is 0.0349. The zero-order chi connectivity index (χ0) is 14.0. The van der Waals surface area contributed by atoms with E-state index in [4.69, 9.17) is 4.84 Å². The van der Waals surface area contributed by atoms with Gasteiger partial charge in [0.15, 0.2) is 6.23 Å². The van der Waals surface area contributed by atoms with Gasteiger partial charge in [0, 0.05) is 5.41 Å². The summed E-state index contributed by atoms with van der Waals surface area (Å²) in [5, 5.41) is 0. The second kappa shape index (κ2) is 5.33. The van der Waals surface area contributed by atoms with Gasteiger partial charge in [0.2, 0.25) is 0 Å². The quantitative estimate of drug-likeness (QED) is 0.894. The highest BCUT2D eigenvalue weighted by atomic mass is 16.7. The van der Waals surface area contributed by atoms with Crippen LogP contribution in [0.25, 0.3) is 0 Å². The minimum absolute atomic E-state index is 0.0551. The fraction of sp³-hybridized carbons (Fsp3) is 0.562. The zero-order valence-electron chi connectivity index (χ0n) is 12.5. The summed E-state index contributed by atoms with van der Waals surface area (Å²) in [4.78, 5) is 10.1. The Balaban J connectivity index is 2.40. The van der Waals surface area contributed by atoms with Crippen molar-refractivity contribution in [2.75, 3.05) is 0 Å². The topological polar surface area (TPSA) is 33.6 Å². The highest BCUT2D eigenvalue weighted by Gasteiger charge is 2.34. The van der Waals surface area contributed by atoms with Crippen LogP contribution in [-0.4, -0.2) is 12.1 Å². The lowest BCUT2D eigenvalue weighted by atomic mass is 9.78. The van der Waals surface area contributed by atoms with Gasteiger partial charge in [-0.05, 0) is 37.3 Å². The molecule has 1 aliphatic rings. The highest BCUT2D eigenvalue weighted by Crippen LogP contribution is 2.32. The Morgan fingerprint density at radius 3 is 2.58 bits per heavy atom. The second-order valence-corrected chi connectivity index (χ2v) is 5.93. The molecule has 0 aromatic heterocycles. The van der Waals surface area contributed by atoms with E-state index in [0.29, 0.717) is 5.92 Å². The maximum absolute atomic E-state index is 5.47. The predicted molar refractivity (Wildman–Crippen MR) is 79.3 cm³/mol. The Kier molecular flexibility index (Phi) is 3.95. The van der Waals surface area contributed by atoms with Crippen molar-refractivity contribution in [3.05, 3.63) is 35.4 Å². The molecule has 2 rings (SSSR count). The molecule has 0 bridgehead atoms. The molecule has 0 aliphatic carbocycles. The van der Waals surface area contributed by atoms with E-state index in [0.717, 1.165) is 12.3 Å². The Labute approximate surface area is 116 Å². The minimum atomic E-state index is -0.162. The third kappa shape index (κ3) is 2.66. The van der Waals surface area contributed by atoms with E-state index in [1.807, 2.05) is 0 Å². The number of rotatable bonds is 4. The molecule has 1 aliphatic heterocycles. The number of benzene rings is 1. The molecular formula is C16H24N2O. The van der Waals surface area contributed by atoms with Crippen molar-refractivity contribution in [1.29, 1.82) is 0 Å². The molecule has 1 N–H and O–H groups in total. The van der Waals surface area contributed by atoms with E-state index in [1.54, 1.807) is 0 Å². The first-order chi connectivity index (χ1) is 8.96. The van der Waals surface area contributed by atoms with Crippen LogP contribution in [0.15, 0.2) is 29.3 Å². The normalized spacial score (nSPS) is 19.5. The van der Waals surface area contributed by atoms with E-state index in [-0.39, 0.29) is 11.6 Å². The molecule has 1 aromatic rings. The molecule has 3 nitrogen and oxygen atoms in total. The summed E-state index contributed by atoms with van der Waals surface area (Å²) in [6.07, 6.45) is 0.832. The first kappa shape index (κ1) is 14.1. The third-order valence-electron chi connectivity index (χ3n) is 3.76. The molecule has 0 saturated heterocycles. The van der Waals surface area contributed by atoms with Gasteiger partial charge in [-0.3, -0.25) is 0 Å². The lowest BCUT2D eigenvalue weighted by Crippen LogP contribution is -2.37. The molecule has 19 heavy (non-hydrogen) atoms. The predicted octanol–water partition coefficient (Wildman–Crippen LogP) is 3.76. The Morgan fingerprint density at radius 1 is 1.32 bits per heavy atom. The highest BCUT2D eigenvalue weighted by molar-refractivity contribution is 5.92. The fourth-order valence-electron chi connectivity index (χ4n) is 2.48. The van der Waals surface area contributed by atoms with Crippen LogP contribution in [0.2, 0.25) is 0 Å². The third-order valence-corrected chi connectivity index (χ3v) is 3.76. The molecule has 1 unspecified atom stereocenters. The van der Waals surface area contributed by atoms with Crippen molar-refractivity contribution in [1.82, 2.24) is 5.48 Å². The first-order valence-electron chi connectivity index (χ1n) is 7.06. The number of aliphatic imine (C=N–C) groups is 1. The minimum Gasteiger partial charge on any atom is -0.250 e. The zero-order valence-corrected chi connectivity index (χ0v) is 12.5. The average molecular weight is 260 g/mol. The summed E-state index contributed by atoms with van der Waals surface area (Å²) in [6.45, 7) is 10.9. The van der Waals surface area contributed by atoms with Crippen LogP contribution in [0.4, 0.5) is 0 Å². The van der Waals surface area contributed by atoms with Crippen LogP contribution in [-0.2, 0) is 10.3 Å². The SMILES string of the molecule is CCC1N=C(C(C)(C)c2ccccc2C(C)C)NO1. The summed E-state index contributed by atoms with van der Waals surface area (Å²) >= 11 is 0. The Morgan fingerprint density at radius 2 is 2.00 bits per heavy atom. The molecule has 1 aromatic carbocycles. The number of hydroxylamine groups is 1. The van der Waals surface area contributed by atoms with Crippen molar-refractivity contribution in [3.8, 4) is 0 Å². The Hall–Kier alpha value is -1.35. The molecule has 1 heterocycles. The van der Waals surface area contributed by atoms with E-state index < -0.39 is 0 Å². The molecule has 104 valence electrons. The molecular weight excluding hydrogens is 236 g/mol. The molecule has 0 spiro atoms. The first-order valence-corrected chi connectivity index (χ1v) is 7.06. The fourth-order valence-corrected chi connectivity index (χ4v) is 2.48. The van der Waals surface area contributed by atoms with Crippen molar-refractivity contribution < 1.29 is 4.84 Å². The van der Waals surface area contributed by atoms with E-state index >= 15 is 0 Å². The second-order valence-electron chi connectivity index (χ2n) is 5.93. The molecule has 3 heteroatoms. The van der Waals surface area contributed by atoms with Crippen molar-refractivity contribution in [2.45, 2.75) is 58.6 Å². The van der Waals surface area contributed by atoms with E-state index in [2.05, 4.69) is 69.4 Å². The summed E-state index contributed by atoms with van der Waals surface area (Å²) in [5.74, 6) is 1.42. The summed E-state index contributed by atoms with van der Waals surface area (Å²) in [6, 6.07) is 8.59. The maximum atomic E-state index is 5.47. The lowest BCUT2D eigenvalue weighted by Gasteiger charge is -2.28. The summed E-state index contributed by atoms with van der Waals surface area (Å²) in [7, 11) is 0. The maximum Gasteiger partial charge on any atom is 0.176 e. The number of hydrogen-bond acceptors (Lipinski definition) is 3. The van der Waals surface area contributed by atoms with Gasteiger partial charge in [-0.15, -0.1) is 0 Å². The van der Waals surface area contributed by atoms with Crippen LogP contribution in [0, 0.1) is 0 Å². The average Bonchev–Trinajstić information content (AvgIpc) is 2.88. The molecule has 0 radical (unpaired) electrons. The number of amidine groups is 1. The van der Waals surface area contributed by atoms with Crippen molar-refractivity contribution >= 4 is 5.84 Å². The van der Waals surface area contributed by atoms with Gasteiger partial charge in [-0.25, -0.2) is 15.3 Å². The van der Waals surface area contributed by atoms with Gasteiger partial charge in [-0.2, -0.15) is 0 Å². The van der Waals surface area contributed by atoms with Gasteiger partial charge in [0.25, 0.3) is 0 Å². The summed E-state index contributed by atoms with van der Waals surface area (Å²) in [5.41, 5.74) is 5.54. The van der Waals surface area contributed by atoms with Crippen LogP contribution in [0.3, 0.4) is 0 Å². The van der Waals surface area contributed by atoms with Gasteiger partial charge in [0.1, 0.15) is 5.84 Å². The van der Waals surface area contributed by atoms with Crippen molar-refractivity contribution in [3.63, 3.8) is 0 Å². The standard InChI is InChI=1S/C16H24N2O/c1-6-14-17-15(18-19-14)16(4,5)13-10-8-7-9-12(13)11(2)3/h7-11,14H,6H2,1-5H3,(H,17,18). The number of nitrogens with one attached hydrogen (secondary N) is 1. The van der Waals surface area contributed by atoms with Crippen molar-refractivity contribution in [2.24, 2.45) is 4.99 Å². The van der Waals surface area contributed by atoms with E-state index in [9.17, 15) is 0 Å². The largest absolute Gasteiger partial charge is 0.250 e. The molecule has 1 atom stereocenters. The smallest absolute Gasteiger partial charge is 0.176 e. The molecule has 0 amide bonds.